The van der Waals surface area contributed by atoms with Gasteiger partial charge in [-0.3, -0.25) is 0 Å². The van der Waals surface area contributed by atoms with Gasteiger partial charge in [0.2, 0.25) is 0 Å². The van der Waals surface area contributed by atoms with Crippen LogP contribution in [0.5, 0.6) is 0 Å². The lowest BCUT2D eigenvalue weighted by Gasteiger charge is -2.27. The summed E-state index contributed by atoms with van der Waals surface area (Å²) in [6.07, 6.45) is 11.5. The first-order chi connectivity index (χ1) is 16.5. The van der Waals surface area contributed by atoms with Crippen LogP contribution in [-0.4, -0.2) is 6.54 Å². The third kappa shape index (κ3) is 4.37. The van der Waals surface area contributed by atoms with Crippen molar-refractivity contribution in [2.24, 2.45) is 0 Å². The second-order valence-electron chi connectivity index (χ2n) is 8.52. The Hall–Kier alpha value is -4.12. The number of thiophene rings is 1. The standard InChI is InChI=1S/C30H25N3S/c1-4-5-6-7-11-16-33(23-12-9-8-10-13-23)24-14-15-26-27(18-24)30(2,3)28-19-25(34-29(26)28)17-22(20-31)21-32/h4-15,17-19H,1,16H2,2-3H3/b6-5-,11-7-. The third-order valence-electron chi connectivity index (χ3n) is 6.04. The number of allylic oxidation sites excluding steroid dienone is 5. The number of hydrogen-bond acceptors (Lipinski definition) is 4. The largest absolute Gasteiger partial charge is 0.338 e. The molecule has 1 heterocycles. The lowest BCUT2D eigenvalue weighted by Crippen LogP contribution is -2.19. The molecule has 3 aromatic rings. The molecule has 0 amide bonds. The van der Waals surface area contributed by atoms with Crippen LogP contribution in [0.2, 0.25) is 0 Å². The second kappa shape index (κ2) is 9.79. The van der Waals surface area contributed by atoms with Gasteiger partial charge in [-0.25, -0.2) is 0 Å². The highest BCUT2D eigenvalue weighted by molar-refractivity contribution is 7.16. The molecule has 1 aromatic heterocycles. The molecule has 4 heteroatoms. The monoisotopic (exact) mass is 459 g/mol. The van der Waals surface area contributed by atoms with Gasteiger partial charge in [-0.1, -0.05) is 75.1 Å². The quantitative estimate of drug-likeness (QED) is 0.266. The molecule has 0 atom stereocenters. The molecule has 0 fully saturated rings. The van der Waals surface area contributed by atoms with Gasteiger partial charge in [0.1, 0.15) is 17.7 Å². The Bertz CT molecular complexity index is 1370. The maximum atomic E-state index is 9.12. The smallest absolute Gasteiger partial charge is 0.131 e. The first kappa shape index (κ1) is 23.1. The lowest BCUT2D eigenvalue weighted by atomic mass is 9.82. The van der Waals surface area contributed by atoms with Gasteiger partial charge in [0.25, 0.3) is 0 Å². The van der Waals surface area contributed by atoms with Crippen LogP contribution in [0, 0.1) is 22.7 Å². The SMILES string of the molecule is C=C/C=C\C=C/CN(c1ccccc1)c1ccc2c(c1)C(C)(C)c1cc(C=C(C#N)C#N)sc1-2. The zero-order valence-electron chi connectivity index (χ0n) is 19.3. The van der Waals surface area contributed by atoms with E-state index in [1.807, 2.05) is 36.4 Å². The Kier molecular flexibility index (Phi) is 6.64. The van der Waals surface area contributed by atoms with Gasteiger partial charge in [0.15, 0.2) is 0 Å². The van der Waals surface area contributed by atoms with E-state index in [-0.39, 0.29) is 11.0 Å². The minimum atomic E-state index is -0.173. The van der Waals surface area contributed by atoms with Crippen molar-refractivity contribution in [1.29, 1.82) is 10.5 Å². The van der Waals surface area contributed by atoms with E-state index in [2.05, 4.69) is 79.9 Å². The summed E-state index contributed by atoms with van der Waals surface area (Å²) in [5.74, 6) is 0. The Morgan fingerprint density at radius 2 is 1.74 bits per heavy atom. The number of nitriles is 2. The third-order valence-corrected chi connectivity index (χ3v) is 7.15. The molecule has 0 saturated carbocycles. The van der Waals surface area contributed by atoms with Gasteiger partial charge in [0.05, 0.1) is 0 Å². The minimum Gasteiger partial charge on any atom is -0.338 e. The number of para-hydroxylation sites is 1. The van der Waals surface area contributed by atoms with E-state index in [9.17, 15) is 0 Å². The van der Waals surface area contributed by atoms with E-state index in [1.165, 1.54) is 21.6 Å². The molecule has 4 rings (SSSR count). The van der Waals surface area contributed by atoms with Gasteiger partial charge in [-0.2, -0.15) is 10.5 Å². The number of hydrogen-bond donors (Lipinski definition) is 0. The van der Waals surface area contributed by atoms with Crippen molar-refractivity contribution in [3.05, 3.63) is 113 Å². The van der Waals surface area contributed by atoms with Crippen molar-refractivity contribution in [3.8, 4) is 22.6 Å². The highest BCUT2D eigenvalue weighted by atomic mass is 32.1. The number of anilines is 2. The summed E-state index contributed by atoms with van der Waals surface area (Å²) in [4.78, 5) is 4.46. The molecule has 34 heavy (non-hydrogen) atoms. The second-order valence-corrected chi connectivity index (χ2v) is 9.61. The summed E-state index contributed by atoms with van der Waals surface area (Å²) in [5.41, 5.74) is 5.99. The highest BCUT2D eigenvalue weighted by Gasteiger charge is 2.37. The van der Waals surface area contributed by atoms with Crippen molar-refractivity contribution in [3.63, 3.8) is 0 Å². The van der Waals surface area contributed by atoms with Crippen molar-refractivity contribution >= 4 is 28.8 Å². The van der Waals surface area contributed by atoms with E-state index in [4.69, 9.17) is 10.5 Å². The fraction of sp³-hybridized carbons (Fsp3) is 0.133. The van der Waals surface area contributed by atoms with E-state index < -0.39 is 0 Å². The molecule has 0 aliphatic heterocycles. The van der Waals surface area contributed by atoms with Crippen LogP contribution in [0.25, 0.3) is 16.5 Å². The maximum absolute atomic E-state index is 9.12. The van der Waals surface area contributed by atoms with Crippen molar-refractivity contribution < 1.29 is 0 Å². The van der Waals surface area contributed by atoms with E-state index in [0.717, 1.165) is 22.8 Å². The summed E-state index contributed by atoms with van der Waals surface area (Å²) in [7, 11) is 0. The average Bonchev–Trinajstić information content (AvgIpc) is 3.37. The Labute approximate surface area is 205 Å². The van der Waals surface area contributed by atoms with Crippen molar-refractivity contribution in [2.75, 3.05) is 11.4 Å². The van der Waals surface area contributed by atoms with E-state index >= 15 is 0 Å². The van der Waals surface area contributed by atoms with E-state index in [1.54, 1.807) is 23.5 Å². The first-order valence-corrected chi connectivity index (χ1v) is 11.9. The summed E-state index contributed by atoms with van der Waals surface area (Å²) in [6, 6.07) is 23.1. The van der Waals surface area contributed by atoms with Crippen LogP contribution in [0.1, 0.15) is 29.9 Å². The molecular formula is C30H25N3S. The van der Waals surface area contributed by atoms with Gasteiger partial charge in [-0.05, 0) is 53.1 Å². The molecule has 0 unspecified atom stereocenters. The Morgan fingerprint density at radius 3 is 2.44 bits per heavy atom. The molecule has 0 N–H and O–H groups in total. The molecule has 1 aliphatic carbocycles. The van der Waals surface area contributed by atoms with Gasteiger partial charge in [0, 0.05) is 33.1 Å². The fourth-order valence-electron chi connectivity index (χ4n) is 4.29. The first-order valence-electron chi connectivity index (χ1n) is 11.1. The Morgan fingerprint density at radius 1 is 0.971 bits per heavy atom. The summed E-state index contributed by atoms with van der Waals surface area (Å²) < 4.78 is 0. The van der Waals surface area contributed by atoms with Crippen LogP contribution < -0.4 is 4.90 Å². The summed E-state index contributed by atoms with van der Waals surface area (Å²) >= 11 is 1.64. The van der Waals surface area contributed by atoms with Gasteiger partial charge < -0.3 is 4.90 Å². The number of fused-ring (bicyclic) bond motifs is 3. The van der Waals surface area contributed by atoms with Crippen LogP contribution in [0.4, 0.5) is 11.4 Å². The topological polar surface area (TPSA) is 50.8 Å². The minimum absolute atomic E-state index is 0.128. The van der Waals surface area contributed by atoms with Crippen LogP contribution >= 0.6 is 11.3 Å². The van der Waals surface area contributed by atoms with E-state index in [0.29, 0.717) is 0 Å². The van der Waals surface area contributed by atoms with Gasteiger partial charge in [-0.15, -0.1) is 11.3 Å². The lowest BCUT2D eigenvalue weighted by molar-refractivity contribution is 0.661. The maximum Gasteiger partial charge on any atom is 0.131 e. The van der Waals surface area contributed by atoms with Gasteiger partial charge >= 0.3 is 0 Å². The molecule has 0 radical (unpaired) electrons. The molecular weight excluding hydrogens is 434 g/mol. The van der Waals surface area contributed by atoms with Crippen LogP contribution in [0.3, 0.4) is 0 Å². The van der Waals surface area contributed by atoms with Crippen LogP contribution in [-0.2, 0) is 5.41 Å². The molecule has 166 valence electrons. The zero-order chi connectivity index (χ0) is 24.1. The molecule has 0 bridgehead atoms. The molecule has 1 aliphatic rings. The van der Waals surface area contributed by atoms with Crippen molar-refractivity contribution in [2.45, 2.75) is 19.3 Å². The number of nitrogens with zero attached hydrogens (tertiary/aromatic N) is 3. The normalized spacial score (nSPS) is 13.2. The fourth-order valence-corrected chi connectivity index (χ4v) is 5.59. The molecule has 0 saturated heterocycles. The highest BCUT2D eigenvalue weighted by Crippen LogP contribution is 2.53. The summed E-state index contributed by atoms with van der Waals surface area (Å²) in [5, 5.41) is 18.2. The molecule has 2 aromatic carbocycles. The number of rotatable bonds is 7. The predicted octanol–water partition coefficient (Wildman–Crippen LogP) is 7.92. The summed E-state index contributed by atoms with van der Waals surface area (Å²) in [6.45, 7) is 8.94. The van der Waals surface area contributed by atoms with Crippen LogP contribution in [0.15, 0.2) is 97.1 Å². The average molecular weight is 460 g/mol. The predicted molar refractivity (Wildman–Crippen MR) is 143 cm³/mol. The van der Waals surface area contributed by atoms with Crippen molar-refractivity contribution in [1.82, 2.24) is 0 Å². The molecule has 3 nitrogen and oxygen atoms in total. The number of benzene rings is 2. The Balaban J connectivity index is 1.74. The molecule has 0 spiro atoms. The zero-order valence-corrected chi connectivity index (χ0v) is 20.1.